The van der Waals surface area contributed by atoms with Crippen LogP contribution in [0.3, 0.4) is 0 Å². The molecule has 3 amide bonds. The van der Waals surface area contributed by atoms with Gasteiger partial charge < -0.3 is 15.5 Å². The smallest absolute Gasteiger partial charge is 0.326 e. The van der Waals surface area contributed by atoms with Crippen LogP contribution in [0, 0.1) is 22.7 Å². The lowest BCUT2D eigenvalue weighted by Gasteiger charge is -2.32. The molecule has 10 nitrogen and oxygen atoms in total. The van der Waals surface area contributed by atoms with Crippen LogP contribution >= 0.6 is 0 Å². The van der Waals surface area contributed by atoms with Gasteiger partial charge in [-0.1, -0.05) is 36.8 Å². The fraction of sp³-hybridized carbons (Fsp3) is 0.342. The predicted octanol–water partition coefficient (Wildman–Crippen LogP) is 6.25. The van der Waals surface area contributed by atoms with Crippen molar-refractivity contribution in [2.75, 3.05) is 11.9 Å². The molecule has 13 heteroatoms. The molecule has 0 aromatic heterocycles. The summed E-state index contributed by atoms with van der Waals surface area (Å²) in [6, 6.07) is 21.9. The molecule has 0 atom stereocenters. The van der Waals surface area contributed by atoms with E-state index >= 15 is 0 Å². The Hall–Kier alpha value is -5.82. The lowest BCUT2D eigenvalue weighted by molar-refractivity contribution is -0.137. The van der Waals surface area contributed by atoms with E-state index in [4.69, 9.17) is 15.5 Å². The minimum absolute atomic E-state index is 0.00479. The van der Waals surface area contributed by atoms with Gasteiger partial charge in [-0.2, -0.15) is 23.7 Å². The first kappa shape index (κ1) is 35.0. The molecule has 0 bridgehead atoms. The summed E-state index contributed by atoms with van der Waals surface area (Å²) in [6.07, 6.45) is 3.70. The molecular formula is C38H34F3N7O3. The number of benzene rings is 3. The van der Waals surface area contributed by atoms with Crippen molar-refractivity contribution < 1.29 is 27.6 Å². The van der Waals surface area contributed by atoms with Crippen LogP contribution in [0.25, 0.3) is 0 Å². The van der Waals surface area contributed by atoms with Crippen LogP contribution in [0.5, 0.6) is 0 Å². The van der Waals surface area contributed by atoms with Crippen LogP contribution in [0.4, 0.5) is 18.9 Å². The molecule has 0 unspecified atom stereocenters. The number of hydrogen-bond acceptors (Lipinski definition) is 7. The number of amides is 3. The van der Waals surface area contributed by atoms with E-state index in [1.54, 1.807) is 48.5 Å². The van der Waals surface area contributed by atoms with Crippen LogP contribution in [0.2, 0.25) is 0 Å². The number of carbonyl (C=O) groups is 3. The Bertz CT molecular complexity index is 1980. The number of rotatable bonds is 5. The first-order chi connectivity index (χ1) is 24.4. The van der Waals surface area contributed by atoms with Crippen molar-refractivity contribution in [3.63, 3.8) is 0 Å². The molecule has 2 fully saturated rings. The van der Waals surface area contributed by atoms with Crippen LogP contribution in [0.1, 0.15) is 85.6 Å². The Kier molecular flexibility index (Phi) is 9.75. The third kappa shape index (κ3) is 7.53. The molecule has 2 spiro atoms. The summed E-state index contributed by atoms with van der Waals surface area (Å²) < 4.78 is 38.8. The van der Waals surface area contributed by atoms with Crippen molar-refractivity contribution in [2.24, 2.45) is 9.98 Å². The molecule has 2 N–H and O–H groups in total. The van der Waals surface area contributed by atoms with E-state index in [0.717, 1.165) is 56.2 Å². The Morgan fingerprint density at radius 1 is 0.804 bits per heavy atom. The van der Waals surface area contributed by atoms with Gasteiger partial charge in [0.15, 0.2) is 0 Å². The third-order valence-corrected chi connectivity index (χ3v) is 9.59. The lowest BCUT2D eigenvalue weighted by atomic mass is 9.90. The largest absolute Gasteiger partial charge is 0.416 e. The third-order valence-electron chi connectivity index (χ3n) is 9.59. The van der Waals surface area contributed by atoms with E-state index < -0.39 is 29.2 Å². The summed E-state index contributed by atoms with van der Waals surface area (Å²) in [7, 11) is 0. The van der Waals surface area contributed by atoms with Crippen molar-refractivity contribution in [1.82, 2.24) is 10.2 Å². The lowest BCUT2D eigenvalue weighted by Crippen LogP contribution is -2.48. The zero-order valence-electron chi connectivity index (χ0n) is 27.6. The minimum atomic E-state index is -4.52. The van der Waals surface area contributed by atoms with E-state index in [2.05, 4.69) is 21.7 Å². The summed E-state index contributed by atoms with van der Waals surface area (Å²) in [5.74, 6) is -1.09. The summed E-state index contributed by atoms with van der Waals surface area (Å²) >= 11 is 0. The maximum atomic E-state index is 13.2. The molecule has 2 saturated carbocycles. The van der Waals surface area contributed by atoms with Crippen LogP contribution in [0.15, 0.2) is 82.8 Å². The van der Waals surface area contributed by atoms with Crippen LogP contribution in [-0.4, -0.2) is 51.9 Å². The topological polar surface area (TPSA) is 151 Å². The van der Waals surface area contributed by atoms with E-state index in [9.17, 15) is 27.6 Å². The molecule has 51 heavy (non-hydrogen) atoms. The van der Waals surface area contributed by atoms with Gasteiger partial charge >= 0.3 is 6.18 Å². The maximum absolute atomic E-state index is 13.2. The maximum Gasteiger partial charge on any atom is 0.416 e. The zero-order chi connectivity index (χ0) is 36.2. The molecule has 2 heterocycles. The second-order valence-corrected chi connectivity index (χ2v) is 13.1. The molecule has 260 valence electrons. The van der Waals surface area contributed by atoms with Gasteiger partial charge in [-0.25, -0.2) is 0 Å². The van der Waals surface area contributed by atoms with Gasteiger partial charge in [0.2, 0.25) is 5.91 Å². The Morgan fingerprint density at radius 2 is 1.37 bits per heavy atom. The molecule has 2 aliphatic heterocycles. The molecule has 2 aliphatic carbocycles. The number of nitrogens with one attached hydrogen (secondary N) is 2. The van der Waals surface area contributed by atoms with Crippen molar-refractivity contribution in [1.29, 1.82) is 10.5 Å². The molecular weight excluding hydrogens is 659 g/mol. The van der Waals surface area contributed by atoms with Crippen molar-refractivity contribution in [2.45, 2.75) is 75.3 Å². The average molecular weight is 694 g/mol. The highest BCUT2D eigenvalue weighted by molar-refractivity contribution is 6.47. The van der Waals surface area contributed by atoms with Gasteiger partial charge in [-0.15, -0.1) is 0 Å². The summed E-state index contributed by atoms with van der Waals surface area (Å²) in [4.78, 5) is 48.7. The van der Waals surface area contributed by atoms with Crippen molar-refractivity contribution in [3.8, 4) is 12.1 Å². The predicted molar refractivity (Wildman–Crippen MR) is 182 cm³/mol. The number of aliphatic imine (C=N–C) groups is 2. The number of hydrogen-bond donors (Lipinski definition) is 2. The van der Waals surface area contributed by atoms with Crippen LogP contribution in [-0.2, 0) is 20.6 Å². The van der Waals surface area contributed by atoms with Crippen LogP contribution < -0.4 is 10.6 Å². The molecule has 3 aromatic carbocycles. The summed E-state index contributed by atoms with van der Waals surface area (Å²) in [5, 5.41) is 23.3. The molecule has 0 saturated heterocycles. The summed E-state index contributed by atoms with van der Waals surface area (Å²) in [5.41, 5.74) is 1.07. The first-order valence-corrected chi connectivity index (χ1v) is 16.8. The number of halogens is 3. The van der Waals surface area contributed by atoms with Gasteiger partial charge in [0.1, 0.15) is 29.3 Å². The van der Waals surface area contributed by atoms with Gasteiger partial charge in [-0.05, 0) is 93.8 Å². The van der Waals surface area contributed by atoms with Crippen molar-refractivity contribution in [3.05, 3.63) is 101 Å². The van der Waals surface area contributed by atoms with Gasteiger partial charge in [0.25, 0.3) is 11.8 Å². The Morgan fingerprint density at radius 3 is 1.94 bits per heavy atom. The number of alkyl halides is 3. The second-order valence-electron chi connectivity index (χ2n) is 13.1. The Balaban J connectivity index is 0.000000200. The number of nitriles is 2. The Labute approximate surface area is 292 Å². The van der Waals surface area contributed by atoms with E-state index in [0.29, 0.717) is 35.2 Å². The molecule has 7 rings (SSSR count). The van der Waals surface area contributed by atoms with E-state index in [1.165, 1.54) is 23.5 Å². The fourth-order valence-corrected chi connectivity index (χ4v) is 7.02. The first-order valence-electron chi connectivity index (χ1n) is 16.8. The average Bonchev–Trinajstić information content (AvgIpc) is 3.81. The highest BCUT2D eigenvalue weighted by Gasteiger charge is 2.49. The molecule has 0 radical (unpaired) electrons. The number of nitrogens with zero attached hydrogens (tertiary/aromatic N) is 5. The fourth-order valence-electron chi connectivity index (χ4n) is 7.02. The van der Waals surface area contributed by atoms with Gasteiger partial charge in [0.05, 0.1) is 28.8 Å². The van der Waals surface area contributed by atoms with Gasteiger partial charge in [-0.3, -0.25) is 24.4 Å². The standard InChI is InChI=1S/C23H19F3N4O2.C15H15N3O/c24-23(25,26)17-4-3-5-18(12-17)28-19(31)14-30-21(32)20(29-22(30)10-1-2-11-22)16-8-6-15(13-27)7-9-16;16-10-11-4-6-12(7-5-11)13-14(19)18-15(17-13)8-2-1-3-9-15/h3-9,12H,1-2,10-11,14H2,(H,28,31);4-7H,1-3,8-9H2,(H,18,19). The molecule has 4 aliphatic rings. The highest BCUT2D eigenvalue weighted by Crippen LogP contribution is 2.41. The van der Waals surface area contributed by atoms with Gasteiger partial charge in [0, 0.05) is 16.8 Å². The van der Waals surface area contributed by atoms with E-state index in [1.807, 2.05) is 6.07 Å². The van der Waals surface area contributed by atoms with E-state index in [-0.39, 0.29) is 29.5 Å². The zero-order valence-corrected chi connectivity index (χ0v) is 27.6. The minimum Gasteiger partial charge on any atom is -0.326 e. The summed E-state index contributed by atoms with van der Waals surface area (Å²) in [6.45, 7) is -0.321. The monoisotopic (exact) mass is 693 g/mol. The highest BCUT2D eigenvalue weighted by atomic mass is 19.4. The number of carbonyl (C=O) groups excluding carboxylic acids is 3. The normalized spacial score (nSPS) is 18.6. The molecule has 3 aromatic rings. The number of anilines is 1. The van der Waals surface area contributed by atoms with Crippen molar-refractivity contribution >= 4 is 34.8 Å². The SMILES string of the molecule is N#Cc1ccc(C2=NC3(CCCC3)N(CC(=O)Nc3cccc(C(F)(F)F)c3)C2=O)cc1.N#Cc1ccc(C2=NC3(CCCCC3)NC2=O)cc1. The quantitative estimate of drug-likeness (QED) is 0.324. The second kappa shape index (κ2) is 14.2.